The Bertz CT molecular complexity index is 624. The third-order valence-electron chi connectivity index (χ3n) is 2.47. The summed E-state index contributed by atoms with van der Waals surface area (Å²) in [5, 5.41) is 18.8. The van der Waals surface area contributed by atoms with E-state index in [9.17, 15) is 4.79 Å². The molecule has 8 nitrogen and oxygen atoms in total. The molecule has 21 heavy (non-hydrogen) atoms. The zero-order chi connectivity index (χ0) is 15.1. The summed E-state index contributed by atoms with van der Waals surface area (Å²) in [7, 11) is 0. The van der Waals surface area contributed by atoms with Crippen LogP contribution >= 0.6 is 0 Å². The zero-order valence-electron chi connectivity index (χ0n) is 11.2. The molecule has 0 aliphatic heterocycles. The Morgan fingerprint density at radius 3 is 2.76 bits per heavy atom. The standard InChI is InChI=1S/C13H13N3O5/c1-2-19-13(17)11(14-18)10-12(16-21-15-10)20-8-9-6-4-3-5-7-9/h3-7,18H,2,8H2,1H3/b14-11+. The van der Waals surface area contributed by atoms with Crippen molar-refractivity contribution in [1.29, 1.82) is 0 Å². The van der Waals surface area contributed by atoms with Gasteiger partial charge in [0.25, 0.3) is 5.88 Å². The first-order valence-corrected chi connectivity index (χ1v) is 6.15. The average molecular weight is 291 g/mol. The van der Waals surface area contributed by atoms with Crippen molar-refractivity contribution < 1.29 is 24.1 Å². The fourth-order valence-electron chi connectivity index (χ4n) is 1.53. The van der Waals surface area contributed by atoms with Crippen LogP contribution in [0, 0.1) is 0 Å². The molecule has 0 unspecified atom stereocenters. The summed E-state index contributed by atoms with van der Waals surface area (Å²) in [6, 6.07) is 9.32. The molecule has 2 rings (SSSR count). The van der Waals surface area contributed by atoms with E-state index in [2.05, 4.69) is 20.1 Å². The Labute approximate surface area is 119 Å². The first kappa shape index (κ1) is 14.5. The number of nitrogens with zero attached hydrogens (tertiary/aromatic N) is 3. The predicted molar refractivity (Wildman–Crippen MR) is 70.0 cm³/mol. The Balaban J connectivity index is 2.12. The van der Waals surface area contributed by atoms with Crippen LogP contribution in [0.2, 0.25) is 0 Å². The van der Waals surface area contributed by atoms with Crippen molar-refractivity contribution in [3.63, 3.8) is 0 Å². The maximum atomic E-state index is 11.6. The lowest BCUT2D eigenvalue weighted by atomic mass is 10.2. The molecule has 0 amide bonds. The van der Waals surface area contributed by atoms with Crippen LogP contribution in [-0.2, 0) is 16.1 Å². The molecule has 8 heteroatoms. The van der Waals surface area contributed by atoms with E-state index in [4.69, 9.17) is 14.7 Å². The van der Waals surface area contributed by atoms with E-state index in [0.717, 1.165) is 5.56 Å². The van der Waals surface area contributed by atoms with Crippen LogP contribution < -0.4 is 4.74 Å². The van der Waals surface area contributed by atoms with Crippen LogP contribution in [0.1, 0.15) is 18.2 Å². The molecule has 2 aromatic rings. The fourth-order valence-corrected chi connectivity index (χ4v) is 1.53. The second-order valence-electron chi connectivity index (χ2n) is 3.86. The average Bonchev–Trinajstić information content (AvgIpc) is 2.96. The van der Waals surface area contributed by atoms with Crippen LogP contribution in [0.4, 0.5) is 0 Å². The maximum Gasteiger partial charge on any atom is 0.363 e. The molecule has 0 saturated heterocycles. The van der Waals surface area contributed by atoms with E-state index in [1.807, 2.05) is 30.3 Å². The van der Waals surface area contributed by atoms with Crippen molar-refractivity contribution in [2.24, 2.45) is 5.16 Å². The van der Waals surface area contributed by atoms with Gasteiger partial charge in [-0.15, -0.1) is 0 Å². The first-order valence-electron chi connectivity index (χ1n) is 6.15. The monoisotopic (exact) mass is 291 g/mol. The molecule has 0 spiro atoms. The minimum absolute atomic E-state index is 0.0558. The lowest BCUT2D eigenvalue weighted by Crippen LogP contribution is -2.20. The highest BCUT2D eigenvalue weighted by Crippen LogP contribution is 2.16. The number of hydrogen-bond donors (Lipinski definition) is 1. The smallest absolute Gasteiger partial charge is 0.363 e. The van der Waals surface area contributed by atoms with Gasteiger partial charge < -0.3 is 14.7 Å². The molecule has 0 fully saturated rings. The van der Waals surface area contributed by atoms with E-state index < -0.39 is 11.7 Å². The number of esters is 1. The molecule has 0 aliphatic carbocycles. The van der Waals surface area contributed by atoms with Gasteiger partial charge in [-0.25, -0.2) is 9.42 Å². The van der Waals surface area contributed by atoms with Crippen molar-refractivity contribution >= 4 is 11.7 Å². The molecular formula is C13H13N3O5. The van der Waals surface area contributed by atoms with Gasteiger partial charge in [-0.3, -0.25) is 0 Å². The fraction of sp³-hybridized carbons (Fsp3) is 0.231. The number of carbonyl (C=O) groups excluding carboxylic acids is 1. The van der Waals surface area contributed by atoms with E-state index in [1.54, 1.807) is 6.92 Å². The highest BCUT2D eigenvalue weighted by atomic mass is 16.6. The van der Waals surface area contributed by atoms with Gasteiger partial charge in [-0.05, 0) is 22.8 Å². The molecule has 1 N–H and O–H groups in total. The Kier molecular flexibility index (Phi) is 4.86. The van der Waals surface area contributed by atoms with Gasteiger partial charge in [0.15, 0.2) is 0 Å². The summed E-state index contributed by atoms with van der Waals surface area (Å²) >= 11 is 0. The first-order chi connectivity index (χ1) is 10.3. The molecular weight excluding hydrogens is 278 g/mol. The number of hydrogen-bond acceptors (Lipinski definition) is 8. The van der Waals surface area contributed by atoms with E-state index in [-0.39, 0.29) is 24.8 Å². The summed E-state index contributed by atoms with van der Waals surface area (Å²) < 4.78 is 14.7. The number of carbonyl (C=O) groups is 1. The van der Waals surface area contributed by atoms with Gasteiger partial charge in [-0.2, -0.15) is 0 Å². The zero-order valence-corrected chi connectivity index (χ0v) is 11.2. The van der Waals surface area contributed by atoms with Crippen molar-refractivity contribution in [3.8, 4) is 5.88 Å². The van der Waals surface area contributed by atoms with Crippen molar-refractivity contribution in [3.05, 3.63) is 41.6 Å². The number of benzene rings is 1. The van der Waals surface area contributed by atoms with Crippen LogP contribution in [-0.4, -0.2) is 33.8 Å². The molecule has 110 valence electrons. The van der Waals surface area contributed by atoms with Gasteiger partial charge in [0, 0.05) is 0 Å². The molecule has 0 saturated carbocycles. The highest BCUT2D eigenvalue weighted by Gasteiger charge is 2.26. The Morgan fingerprint density at radius 1 is 1.33 bits per heavy atom. The van der Waals surface area contributed by atoms with Gasteiger partial charge in [-0.1, -0.05) is 35.5 Å². The Morgan fingerprint density at radius 2 is 2.10 bits per heavy atom. The quantitative estimate of drug-likeness (QED) is 0.371. The normalized spacial score (nSPS) is 11.2. The molecule has 0 atom stereocenters. The minimum atomic E-state index is -0.847. The van der Waals surface area contributed by atoms with Crippen LogP contribution in [0.15, 0.2) is 40.1 Å². The summed E-state index contributed by atoms with van der Waals surface area (Å²) in [5.41, 5.74) is 0.345. The van der Waals surface area contributed by atoms with Gasteiger partial charge >= 0.3 is 5.97 Å². The van der Waals surface area contributed by atoms with Crippen LogP contribution in [0.25, 0.3) is 0 Å². The lowest BCUT2D eigenvalue weighted by Gasteiger charge is -2.04. The third-order valence-corrected chi connectivity index (χ3v) is 2.47. The Hall–Kier alpha value is -2.90. The largest absolute Gasteiger partial charge is 0.469 e. The summed E-state index contributed by atoms with van der Waals surface area (Å²) in [6.07, 6.45) is 0. The number of rotatable bonds is 6. The molecule has 1 aromatic carbocycles. The number of ether oxygens (including phenoxy) is 2. The van der Waals surface area contributed by atoms with E-state index in [1.165, 1.54) is 0 Å². The topological polar surface area (TPSA) is 107 Å². The van der Waals surface area contributed by atoms with Gasteiger partial charge in [0.05, 0.1) is 6.61 Å². The van der Waals surface area contributed by atoms with Crippen molar-refractivity contribution in [2.45, 2.75) is 13.5 Å². The summed E-state index contributed by atoms with van der Waals surface area (Å²) in [4.78, 5) is 11.6. The summed E-state index contributed by atoms with van der Waals surface area (Å²) in [5.74, 6) is -0.903. The molecule has 0 radical (unpaired) electrons. The van der Waals surface area contributed by atoms with Crippen molar-refractivity contribution in [1.82, 2.24) is 10.3 Å². The number of oxime groups is 1. The summed E-state index contributed by atoms with van der Waals surface area (Å²) in [6.45, 7) is 1.95. The second kappa shape index (κ2) is 7.04. The van der Waals surface area contributed by atoms with Gasteiger partial charge in [0.2, 0.25) is 11.4 Å². The van der Waals surface area contributed by atoms with E-state index >= 15 is 0 Å². The van der Waals surface area contributed by atoms with Crippen molar-refractivity contribution in [2.75, 3.05) is 6.61 Å². The maximum absolute atomic E-state index is 11.6. The lowest BCUT2D eigenvalue weighted by molar-refractivity contribution is -0.135. The van der Waals surface area contributed by atoms with E-state index in [0.29, 0.717) is 0 Å². The number of aromatic nitrogens is 2. The van der Waals surface area contributed by atoms with Crippen LogP contribution in [0.3, 0.4) is 0 Å². The molecule has 1 heterocycles. The third kappa shape index (κ3) is 3.56. The molecule has 0 aliphatic rings. The molecule has 1 aromatic heterocycles. The second-order valence-corrected chi connectivity index (χ2v) is 3.86. The SMILES string of the molecule is CCOC(=O)/C(=N/O)c1nonc1OCc1ccccc1. The van der Waals surface area contributed by atoms with Gasteiger partial charge in [0.1, 0.15) is 6.61 Å². The highest BCUT2D eigenvalue weighted by molar-refractivity contribution is 6.43. The minimum Gasteiger partial charge on any atom is -0.469 e. The van der Waals surface area contributed by atoms with Crippen LogP contribution in [0.5, 0.6) is 5.88 Å². The predicted octanol–water partition coefficient (Wildman–Crippen LogP) is 1.39. The molecule has 0 bridgehead atoms.